The van der Waals surface area contributed by atoms with E-state index in [9.17, 15) is 4.79 Å². The SMILES string of the molecule is C=O.C=O.CNc1cc(OC)ccc1N=CNC(=O)OC.Cc1ccc(OCc2ccccc2)cc1. The molecule has 192 valence electrons. The number of rotatable bonds is 7. The highest BCUT2D eigenvalue weighted by Gasteiger charge is 2.01. The minimum absolute atomic E-state index is 0.562. The molecule has 0 saturated heterocycles. The summed E-state index contributed by atoms with van der Waals surface area (Å²) >= 11 is 0. The van der Waals surface area contributed by atoms with Crippen LogP contribution in [-0.4, -0.2) is 47.3 Å². The Kier molecular flexibility index (Phi) is 17.2. The molecular formula is C27H33N3O6. The van der Waals surface area contributed by atoms with Gasteiger partial charge in [0.1, 0.15) is 31.7 Å². The van der Waals surface area contributed by atoms with Crippen molar-refractivity contribution in [3.8, 4) is 11.5 Å². The molecule has 0 aromatic heterocycles. The number of carbonyl (C=O) groups is 3. The Morgan fingerprint density at radius 3 is 2.08 bits per heavy atom. The van der Waals surface area contributed by atoms with Gasteiger partial charge in [0.15, 0.2) is 0 Å². The Hall–Kier alpha value is -4.66. The predicted molar refractivity (Wildman–Crippen MR) is 142 cm³/mol. The van der Waals surface area contributed by atoms with Gasteiger partial charge in [0.25, 0.3) is 0 Å². The van der Waals surface area contributed by atoms with Gasteiger partial charge in [0, 0.05) is 13.1 Å². The van der Waals surface area contributed by atoms with Crippen molar-refractivity contribution < 1.29 is 28.6 Å². The fourth-order valence-corrected chi connectivity index (χ4v) is 2.54. The van der Waals surface area contributed by atoms with E-state index in [4.69, 9.17) is 19.1 Å². The highest BCUT2D eigenvalue weighted by molar-refractivity contribution is 5.84. The van der Waals surface area contributed by atoms with Gasteiger partial charge in [-0.05, 0) is 36.8 Å². The molecule has 2 N–H and O–H groups in total. The molecule has 1 amide bonds. The third-order valence-electron chi connectivity index (χ3n) is 4.31. The Morgan fingerprint density at radius 2 is 1.53 bits per heavy atom. The first-order valence-electron chi connectivity index (χ1n) is 10.6. The maximum atomic E-state index is 10.8. The molecule has 9 nitrogen and oxygen atoms in total. The van der Waals surface area contributed by atoms with E-state index < -0.39 is 6.09 Å². The molecule has 0 aliphatic rings. The average molecular weight is 496 g/mol. The summed E-state index contributed by atoms with van der Waals surface area (Å²) in [6.07, 6.45) is 0.711. The number of aryl methyl sites for hydroxylation is 1. The molecule has 0 saturated carbocycles. The van der Waals surface area contributed by atoms with E-state index in [1.54, 1.807) is 26.3 Å². The molecule has 0 radical (unpaired) electrons. The van der Waals surface area contributed by atoms with Crippen molar-refractivity contribution in [1.29, 1.82) is 0 Å². The number of alkyl carbamates (subject to hydrolysis) is 1. The van der Waals surface area contributed by atoms with E-state index in [2.05, 4.69) is 51.6 Å². The maximum Gasteiger partial charge on any atom is 0.412 e. The molecule has 3 aromatic carbocycles. The molecule has 0 unspecified atom stereocenters. The van der Waals surface area contributed by atoms with E-state index in [1.165, 1.54) is 24.6 Å². The molecule has 0 spiro atoms. The van der Waals surface area contributed by atoms with E-state index in [0.717, 1.165) is 17.2 Å². The van der Waals surface area contributed by atoms with Crippen molar-refractivity contribution in [3.05, 3.63) is 83.9 Å². The summed E-state index contributed by atoms with van der Waals surface area (Å²) in [6, 6.07) is 23.7. The van der Waals surface area contributed by atoms with E-state index in [-0.39, 0.29) is 0 Å². The Bertz CT molecular complexity index is 1030. The number of aliphatic imine (C=N–C) groups is 1. The molecule has 3 rings (SSSR count). The first kappa shape index (κ1) is 31.3. The number of anilines is 1. The number of carbonyl (C=O) groups excluding carboxylic acids is 3. The monoisotopic (exact) mass is 495 g/mol. The summed E-state index contributed by atoms with van der Waals surface area (Å²) in [5.74, 6) is 1.65. The van der Waals surface area contributed by atoms with Gasteiger partial charge >= 0.3 is 6.09 Å². The summed E-state index contributed by atoms with van der Waals surface area (Å²) < 4.78 is 15.1. The van der Waals surface area contributed by atoms with Gasteiger partial charge in [0.05, 0.1) is 31.9 Å². The predicted octanol–water partition coefficient (Wildman–Crippen LogP) is 4.96. The molecule has 3 aromatic rings. The van der Waals surface area contributed by atoms with Gasteiger partial charge in [-0.15, -0.1) is 0 Å². The van der Waals surface area contributed by atoms with Crippen molar-refractivity contribution in [1.82, 2.24) is 5.32 Å². The van der Waals surface area contributed by atoms with Crippen LogP contribution < -0.4 is 20.1 Å². The smallest absolute Gasteiger partial charge is 0.412 e. The number of nitrogens with zero attached hydrogens (tertiary/aromatic N) is 1. The van der Waals surface area contributed by atoms with Crippen LogP contribution in [0.3, 0.4) is 0 Å². The summed E-state index contributed by atoms with van der Waals surface area (Å²) in [4.78, 5) is 30.9. The molecule has 9 heteroatoms. The van der Waals surface area contributed by atoms with E-state index in [0.29, 0.717) is 12.3 Å². The van der Waals surface area contributed by atoms with Gasteiger partial charge in [-0.3, -0.25) is 5.32 Å². The summed E-state index contributed by atoms with van der Waals surface area (Å²) in [6.45, 7) is 6.70. The third kappa shape index (κ3) is 12.5. The number of nitrogens with one attached hydrogen (secondary N) is 2. The summed E-state index contributed by atoms with van der Waals surface area (Å²) in [7, 11) is 4.66. The van der Waals surface area contributed by atoms with Crippen molar-refractivity contribution in [2.45, 2.75) is 13.5 Å². The lowest BCUT2D eigenvalue weighted by atomic mass is 10.2. The highest BCUT2D eigenvalue weighted by atomic mass is 16.5. The largest absolute Gasteiger partial charge is 0.497 e. The van der Waals surface area contributed by atoms with Crippen LogP contribution in [-0.2, 0) is 20.9 Å². The Labute approximate surface area is 212 Å². The first-order chi connectivity index (χ1) is 17.5. The van der Waals surface area contributed by atoms with Crippen LogP contribution in [0.5, 0.6) is 11.5 Å². The lowest BCUT2D eigenvalue weighted by Gasteiger charge is -2.07. The maximum absolute atomic E-state index is 10.8. The normalized spacial score (nSPS) is 9.11. The van der Waals surface area contributed by atoms with Crippen LogP contribution in [0.1, 0.15) is 11.1 Å². The number of amides is 1. The lowest BCUT2D eigenvalue weighted by Crippen LogP contribution is -2.20. The quantitative estimate of drug-likeness (QED) is 0.352. The molecule has 0 atom stereocenters. The van der Waals surface area contributed by atoms with Crippen molar-refractivity contribution in [2.75, 3.05) is 26.6 Å². The second-order valence-corrected chi connectivity index (χ2v) is 6.61. The van der Waals surface area contributed by atoms with Crippen LogP contribution in [0.2, 0.25) is 0 Å². The zero-order chi connectivity index (χ0) is 27.2. The Balaban J connectivity index is 0.000000600. The van der Waals surface area contributed by atoms with Gasteiger partial charge in [-0.2, -0.15) is 0 Å². The second-order valence-electron chi connectivity index (χ2n) is 6.61. The zero-order valence-electron chi connectivity index (χ0n) is 21.0. The zero-order valence-corrected chi connectivity index (χ0v) is 21.0. The number of ether oxygens (including phenoxy) is 3. The van der Waals surface area contributed by atoms with Gasteiger partial charge in [-0.1, -0.05) is 48.0 Å². The fraction of sp³-hybridized carbons (Fsp3) is 0.185. The van der Waals surface area contributed by atoms with Crippen molar-refractivity contribution >= 4 is 37.4 Å². The number of benzene rings is 3. The molecule has 0 bridgehead atoms. The average Bonchev–Trinajstić information content (AvgIpc) is 2.95. The van der Waals surface area contributed by atoms with Crippen LogP contribution in [0.4, 0.5) is 16.2 Å². The standard InChI is InChI=1S/C14H14O.C11H15N3O3.2CH2O/c1-12-7-9-14(10-8-12)15-11-13-5-3-2-4-6-13;1-12-10-6-8(16-2)4-5-9(10)13-7-14-11(15)17-3;2*1-2/h2-10H,11H2,1H3;4-7,12H,1-3H3,(H,13,14,15);2*1H2. The molecule has 0 fully saturated rings. The topological polar surface area (TPSA) is 115 Å². The number of methoxy groups -OCH3 is 2. The minimum atomic E-state index is -0.562. The van der Waals surface area contributed by atoms with Crippen LogP contribution >= 0.6 is 0 Å². The van der Waals surface area contributed by atoms with Crippen LogP contribution in [0.15, 0.2) is 77.8 Å². The van der Waals surface area contributed by atoms with Crippen molar-refractivity contribution in [3.63, 3.8) is 0 Å². The van der Waals surface area contributed by atoms with Gasteiger partial charge in [-0.25, -0.2) is 9.79 Å². The minimum Gasteiger partial charge on any atom is -0.497 e. The number of hydrogen-bond donors (Lipinski definition) is 2. The molecule has 0 aliphatic heterocycles. The summed E-state index contributed by atoms with van der Waals surface area (Å²) in [5, 5.41) is 5.33. The van der Waals surface area contributed by atoms with E-state index >= 15 is 0 Å². The lowest BCUT2D eigenvalue weighted by molar-refractivity contribution is -0.0987. The molecule has 0 heterocycles. The van der Waals surface area contributed by atoms with Gasteiger partial charge < -0.3 is 29.1 Å². The molecule has 36 heavy (non-hydrogen) atoms. The fourth-order valence-electron chi connectivity index (χ4n) is 2.54. The third-order valence-corrected chi connectivity index (χ3v) is 4.31. The number of hydrogen-bond acceptors (Lipinski definition) is 8. The molecule has 0 aliphatic carbocycles. The van der Waals surface area contributed by atoms with Crippen molar-refractivity contribution in [2.24, 2.45) is 4.99 Å². The van der Waals surface area contributed by atoms with Crippen LogP contribution in [0, 0.1) is 6.92 Å². The van der Waals surface area contributed by atoms with Gasteiger partial charge in [0.2, 0.25) is 0 Å². The van der Waals surface area contributed by atoms with Crippen LogP contribution in [0.25, 0.3) is 0 Å². The second kappa shape index (κ2) is 19.8. The Morgan fingerprint density at radius 1 is 0.917 bits per heavy atom. The summed E-state index contributed by atoms with van der Waals surface area (Å²) in [5.41, 5.74) is 3.93. The molecular weight excluding hydrogens is 462 g/mol. The highest BCUT2D eigenvalue weighted by Crippen LogP contribution is 2.28. The first-order valence-corrected chi connectivity index (χ1v) is 10.6. The van der Waals surface area contributed by atoms with E-state index in [1.807, 2.05) is 50.0 Å².